The standard InChI is InChI=1S/C52H43BrN2S/c1-51(2,3)35-20-24-37(25-21-35)54(38-26-22-36(23-27-38)52(4,5)6)50-48-40-17-11-12-18-45(40)56-46(48)31-44(49(50)53)55-42-28-19-32-13-9-10-16-39(32)47(42)41-29-33-14-7-8-15-34(33)30-43(41)55/h7-31H,1-6H3. The summed E-state index contributed by atoms with van der Waals surface area (Å²) in [5, 5.41) is 10.0. The number of hydrogen-bond acceptors (Lipinski definition) is 2. The van der Waals surface area contributed by atoms with Crippen molar-refractivity contribution in [2.45, 2.75) is 52.4 Å². The van der Waals surface area contributed by atoms with Crippen molar-refractivity contribution in [2.24, 2.45) is 0 Å². The number of hydrogen-bond donors (Lipinski definition) is 0. The smallest absolute Gasteiger partial charge is 0.0718 e. The highest BCUT2D eigenvalue weighted by molar-refractivity contribution is 9.10. The summed E-state index contributed by atoms with van der Waals surface area (Å²) in [6.07, 6.45) is 0. The second-order valence-electron chi connectivity index (χ2n) is 17.2. The van der Waals surface area contributed by atoms with Crippen molar-refractivity contribution in [1.82, 2.24) is 4.57 Å². The topological polar surface area (TPSA) is 8.17 Å². The maximum absolute atomic E-state index is 4.40. The first-order valence-electron chi connectivity index (χ1n) is 19.5. The summed E-state index contributed by atoms with van der Waals surface area (Å²) in [6.45, 7) is 13.7. The number of thiophene rings is 1. The summed E-state index contributed by atoms with van der Waals surface area (Å²) in [6, 6.07) is 56.6. The average molecular weight is 808 g/mol. The SMILES string of the molecule is CC(C)(C)c1ccc(N(c2ccc(C(C)(C)C)cc2)c2c(Br)c(-n3c4cc5ccccc5cc4c4c5ccccc5ccc43)cc3sc4ccccc4c23)cc1. The summed E-state index contributed by atoms with van der Waals surface area (Å²) in [4.78, 5) is 2.48. The van der Waals surface area contributed by atoms with Gasteiger partial charge in [-0.25, -0.2) is 0 Å². The van der Waals surface area contributed by atoms with Crippen molar-refractivity contribution >= 4 is 108 Å². The molecule has 0 fully saturated rings. The Bertz CT molecular complexity index is 3100. The van der Waals surface area contributed by atoms with Gasteiger partial charge in [-0.05, 0) is 114 Å². The van der Waals surface area contributed by atoms with Gasteiger partial charge in [0.2, 0.25) is 0 Å². The van der Waals surface area contributed by atoms with Crippen LogP contribution in [0.2, 0.25) is 0 Å². The van der Waals surface area contributed by atoms with Crippen LogP contribution in [0, 0.1) is 0 Å². The molecule has 0 aliphatic carbocycles. The first kappa shape index (κ1) is 35.0. The fourth-order valence-electron chi connectivity index (χ4n) is 8.56. The Kier molecular flexibility index (Phi) is 8.01. The van der Waals surface area contributed by atoms with E-state index in [4.69, 9.17) is 0 Å². The quantitative estimate of drug-likeness (QED) is 0.172. The summed E-state index contributed by atoms with van der Waals surface area (Å²) >= 11 is 6.27. The van der Waals surface area contributed by atoms with Gasteiger partial charge in [0.15, 0.2) is 0 Å². The van der Waals surface area contributed by atoms with Crippen LogP contribution in [0.15, 0.2) is 156 Å². The van der Waals surface area contributed by atoms with E-state index in [9.17, 15) is 0 Å². The zero-order chi connectivity index (χ0) is 38.5. The van der Waals surface area contributed by atoms with Crippen LogP contribution < -0.4 is 4.90 Å². The van der Waals surface area contributed by atoms with Crippen molar-refractivity contribution < 1.29 is 0 Å². The molecular formula is C52H43BrN2S. The van der Waals surface area contributed by atoms with Crippen LogP contribution in [-0.4, -0.2) is 4.57 Å². The average Bonchev–Trinajstić information content (AvgIpc) is 3.72. The molecule has 2 aromatic heterocycles. The Morgan fingerprint density at radius 3 is 1.66 bits per heavy atom. The third kappa shape index (κ3) is 5.56. The molecular weight excluding hydrogens is 765 g/mol. The molecule has 56 heavy (non-hydrogen) atoms. The van der Waals surface area contributed by atoms with Gasteiger partial charge in [0.1, 0.15) is 0 Å². The van der Waals surface area contributed by atoms with Gasteiger partial charge in [0.25, 0.3) is 0 Å². The zero-order valence-corrected chi connectivity index (χ0v) is 35.0. The van der Waals surface area contributed by atoms with Gasteiger partial charge in [-0.1, -0.05) is 139 Å². The molecule has 0 aliphatic rings. The lowest BCUT2D eigenvalue weighted by molar-refractivity contribution is 0.590. The minimum atomic E-state index is 0.0416. The van der Waals surface area contributed by atoms with Gasteiger partial charge in [0.05, 0.1) is 26.9 Å². The van der Waals surface area contributed by atoms with Crippen molar-refractivity contribution in [3.05, 3.63) is 167 Å². The maximum Gasteiger partial charge on any atom is 0.0718 e. The van der Waals surface area contributed by atoms with Crippen molar-refractivity contribution in [3.8, 4) is 5.69 Å². The monoisotopic (exact) mass is 806 g/mol. The Labute approximate surface area is 340 Å². The van der Waals surface area contributed by atoms with Gasteiger partial charge in [0, 0.05) is 42.3 Å². The van der Waals surface area contributed by atoms with Gasteiger partial charge < -0.3 is 9.47 Å². The normalized spacial score (nSPS) is 12.6. The van der Waals surface area contributed by atoms with Crippen molar-refractivity contribution in [2.75, 3.05) is 4.90 Å². The van der Waals surface area contributed by atoms with Crippen molar-refractivity contribution in [1.29, 1.82) is 0 Å². The Hall–Kier alpha value is -5.42. The van der Waals surface area contributed by atoms with Gasteiger partial charge in [-0.2, -0.15) is 0 Å². The van der Waals surface area contributed by atoms with Crippen LogP contribution in [0.4, 0.5) is 17.1 Å². The minimum absolute atomic E-state index is 0.0416. The fourth-order valence-corrected chi connectivity index (χ4v) is 10.4. The Morgan fingerprint density at radius 2 is 1.04 bits per heavy atom. The molecule has 0 unspecified atom stereocenters. The predicted molar refractivity (Wildman–Crippen MR) is 248 cm³/mol. The summed E-state index contributed by atoms with van der Waals surface area (Å²) in [5.74, 6) is 0. The summed E-state index contributed by atoms with van der Waals surface area (Å²) < 4.78 is 6.08. The van der Waals surface area contributed by atoms with Crippen LogP contribution in [0.1, 0.15) is 52.7 Å². The Balaban J connectivity index is 1.35. The molecule has 4 heteroatoms. The molecule has 0 N–H and O–H groups in total. The fraction of sp³-hybridized carbons (Fsp3) is 0.154. The number of anilines is 3. The van der Waals surface area contributed by atoms with Crippen LogP contribution in [0.25, 0.3) is 69.2 Å². The van der Waals surface area contributed by atoms with E-state index in [1.807, 2.05) is 11.3 Å². The molecule has 0 atom stereocenters. The molecule has 8 aromatic carbocycles. The predicted octanol–water partition coefficient (Wildman–Crippen LogP) is 16.3. The molecule has 0 bridgehead atoms. The highest BCUT2D eigenvalue weighted by Gasteiger charge is 2.27. The number of nitrogens with zero attached hydrogens (tertiary/aromatic N) is 2. The van der Waals surface area contributed by atoms with E-state index in [-0.39, 0.29) is 10.8 Å². The molecule has 10 aromatic rings. The van der Waals surface area contributed by atoms with E-state index in [2.05, 4.69) is 219 Å². The van der Waals surface area contributed by atoms with Gasteiger partial charge in [-0.3, -0.25) is 0 Å². The second-order valence-corrected chi connectivity index (χ2v) is 19.1. The third-order valence-corrected chi connectivity index (χ3v) is 13.4. The minimum Gasteiger partial charge on any atom is -0.309 e. The van der Waals surface area contributed by atoms with Crippen LogP contribution in [-0.2, 0) is 10.8 Å². The first-order valence-corrected chi connectivity index (χ1v) is 21.1. The lowest BCUT2D eigenvalue weighted by Gasteiger charge is -2.30. The molecule has 0 spiro atoms. The van der Waals surface area contributed by atoms with Gasteiger partial charge in [-0.15, -0.1) is 11.3 Å². The van der Waals surface area contributed by atoms with E-state index < -0.39 is 0 Å². The Morgan fingerprint density at radius 1 is 0.482 bits per heavy atom. The van der Waals surface area contributed by atoms with E-state index in [1.54, 1.807) is 0 Å². The largest absolute Gasteiger partial charge is 0.309 e. The zero-order valence-electron chi connectivity index (χ0n) is 32.6. The molecule has 0 saturated carbocycles. The molecule has 0 saturated heterocycles. The molecule has 0 amide bonds. The van der Waals surface area contributed by atoms with Crippen LogP contribution in [0.5, 0.6) is 0 Å². The highest BCUT2D eigenvalue weighted by Crippen LogP contribution is 2.52. The van der Waals surface area contributed by atoms with Crippen LogP contribution >= 0.6 is 27.3 Å². The highest BCUT2D eigenvalue weighted by atomic mass is 79.9. The maximum atomic E-state index is 4.40. The number of rotatable bonds is 4. The molecule has 2 heterocycles. The molecule has 274 valence electrons. The van der Waals surface area contributed by atoms with E-state index in [1.165, 1.54) is 74.6 Å². The first-order chi connectivity index (χ1) is 27.0. The summed E-state index contributed by atoms with van der Waals surface area (Å²) in [5.41, 5.74) is 9.59. The number of benzene rings is 8. The molecule has 0 radical (unpaired) electrons. The number of aromatic nitrogens is 1. The third-order valence-electron chi connectivity index (χ3n) is 11.5. The summed E-state index contributed by atoms with van der Waals surface area (Å²) in [7, 11) is 0. The number of halogens is 1. The van der Waals surface area contributed by atoms with Crippen molar-refractivity contribution in [3.63, 3.8) is 0 Å². The van der Waals surface area contributed by atoms with E-state index in [0.717, 1.165) is 27.2 Å². The molecule has 10 rings (SSSR count). The molecule has 2 nitrogen and oxygen atoms in total. The van der Waals surface area contributed by atoms with E-state index >= 15 is 0 Å². The lowest BCUT2D eigenvalue weighted by Crippen LogP contribution is -2.15. The van der Waals surface area contributed by atoms with E-state index in [0.29, 0.717) is 0 Å². The lowest BCUT2D eigenvalue weighted by atomic mass is 9.86. The molecule has 0 aliphatic heterocycles. The number of fused-ring (bicyclic) bond motifs is 9. The van der Waals surface area contributed by atoms with Crippen LogP contribution in [0.3, 0.4) is 0 Å². The van der Waals surface area contributed by atoms with Gasteiger partial charge >= 0.3 is 0 Å². The second kappa shape index (κ2) is 12.8.